The lowest BCUT2D eigenvalue weighted by Gasteiger charge is -2.28. The molecule has 0 saturated carbocycles. The topological polar surface area (TPSA) is 83.1 Å². The highest BCUT2D eigenvalue weighted by molar-refractivity contribution is 14.1. The van der Waals surface area contributed by atoms with Crippen molar-refractivity contribution in [3.05, 3.63) is 56.4 Å². The van der Waals surface area contributed by atoms with Gasteiger partial charge >= 0.3 is 0 Å². The molecule has 1 unspecified atom stereocenters. The molecule has 1 heterocycles. The number of benzene rings is 2. The van der Waals surface area contributed by atoms with Crippen molar-refractivity contribution in [3.8, 4) is 0 Å². The zero-order valence-corrected chi connectivity index (χ0v) is 19.4. The number of carbonyl (C=O) groups is 1. The molecule has 1 fully saturated rings. The highest BCUT2D eigenvalue weighted by Crippen LogP contribution is 2.30. The number of amides is 1. The number of β-amino-alcohol motifs (C(OH)–C–C–N with tert-alkyl or cyclic N) is 1. The molecule has 0 radical (unpaired) electrons. The van der Waals surface area contributed by atoms with Gasteiger partial charge < -0.3 is 15.2 Å². The third-order valence-electron chi connectivity index (χ3n) is 4.87. The maximum Gasteiger partial charge on any atom is 0.277 e. The van der Waals surface area contributed by atoms with E-state index in [1.54, 1.807) is 25.1 Å². The number of nitrogens with one attached hydrogen (secondary N) is 2. The normalized spacial score (nSPS) is 15.4. The van der Waals surface area contributed by atoms with E-state index in [1.165, 1.54) is 0 Å². The van der Waals surface area contributed by atoms with Gasteiger partial charge in [-0.05, 0) is 59.3 Å². The smallest absolute Gasteiger partial charge is 0.277 e. The van der Waals surface area contributed by atoms with E-state index in [2.05, 4.69) is 33.4 Å². The first-order valence-corrected chi connectivity index (χ1v) is 10.9. The number of anilines is 2. The summed E-state index contributed by atoms with van der Waals surface area (Å²) in [5.74, 6) is -5.73. The summed E-state index contributed by atoms with van der Waals surface area (Å²) >= 11 is 2.10. The minimum absolute atomic E-state index is 0.242. The van der Waals surface area contributed by atoms with Gasteiger partial charge in [0.1, 0.15) is 6.61 Å². The van der Waals surface area contributed by atoms with E-state index in [0.717, 1.165) is 9.13 Å². The van der Waals surface area contributed by atoms with Crippen LogP contribution in [0.25, 0.3) is 0 Å². The van der Waals surface area contributed by atoms with Crippen LogP contribution in [-0.2, 0) is 9.57 Å². The number of carbonyl (C=O) groups excluding carboxylic acids is 1. The first-order valence-electron chi connectivity index (χ1n) is 9.87. The van der Waals surface area contributed by atoms with Gasteiger partial charge in [-0.1, -0.05) is 0 Å². The zero-order chi connectivity index (χ0) is 23.3. The average Bonchev–Trinajstić information content (AvgIpc) is 2.76. The Balaban J connectivity index is 1.69. The summed E-state index contributed by atoms with van der Waals surface area (Å²) in [5.41, 5.74) is 2.18. The number of aliphatic hydroxyl groups is 1. The molecule has 2 aromatic carbocycles. The van der Waals surface area contributed by atoms with Gasteiger partial charge in [0, 0.05) is 28.9 Å². The van der Waals surface area contributed by atoms with Crippen LogP contribution in [0.3, 0.4) is 0 Å². The first-order chi connectivity index (χ1) is 15.3. The van der Waals surface area contributed by atoms with Gasteiger partial charge in [0.15, 0.2) is 17.5 Å². The number of hydroxylamine groups is 1. The summed E-state index contributed by atoms with van der Waals surface area (Å²) in [6.07, 6.45) is -0.901. The number of ether oxygens (including phenoxy) is 1. The summed E-state index contributed by atoms with van der Waals surface area (Å²) in [6, 6.07) is 5.77. The number of aliphatic hydroxyl groups excluding tert-OH is 1. The van der Waals surface area contributed by atoms with Crippen molar-refractivity contribution < 1.29 is 32.6 Å². The fourth-order valence-electron chi connectivity index (χ4n) is 3.19. The Labute approximate surface area is 197 Å². The number of morpholine rings is 1. The van der Waals surface area contributed by atoms with Crippen molar-refractivity contribution in [1.82, 2.24) is 10.4 Å². The second-order valence-corrected chi connectivity index (χ2v) is 8.55. The van der Waals surface area contributed by atoms with Crippen LogP contribution in [-0.4, -0.2) is 61.5 Å². The predicted octanol–water partition coefficient (Wildman–Crippen LogP) is 3.12. The molecule has 1 atom stereocenters. The molecule has 0 spiro atoms. The highest BCUT2D eigenvalue weighted by atomic mass is 127. The van der Waals surface area contributed by atoms with E-state index in [4.69, 9.17) is 9.57 Å². The molecule has 3 rings (SSSR count). The highest BCUT2D eigenvalue weighted by Gasteiger charge is 2.24. The van der Waals surface area contributed by atoms with Crippen LogP contribution in [0.15, 0.2) is 24.3 Å². The summed E-state index contributed by atoms with van der Waals surface area (Å²) in [4.78, 5) is 19.6. The van der Waals surface area contributed by atoms with Crippen LogP contribution in [0.1, 0.15) is 15.9 Å². The number of nitrogens with zero attached hydrogens (tertiary/aromatic N) is 1. The Morgan fingerprint density at radius 2 is 1.97 bits per heavy atom. The molecule has 0 aromatic heterocycles. The molecule has 1 aliphatic heterocycles. The quantitative estimate of drug-likeness (QED) is 0.260. The van der Waals surface area contributed by atoms with Crippen LogP contribution in [0, 0.1) is 27.9 Å². The van der Waals surface area contributed by atoms with Crippen LogP contribution >= 0.6 is 22.6 Å². The molecular formula is C21H23F3IN3O4. The molecule has 1 saturated heterocycles. The zero-order valence-electron chi connectivity index (χ0n) is 17.3. The van der Waals surface area contributed by atoms with Crippen molar-refractivity contribution >= 4 is 39.9 Å². The van der Waals surface area contributed by atoms with E-state index >= 15 is 0 Å². The maximum atomic E-state index is 14.5. The summed E-state index contributed by atoms with van der Waals surface area (Å²) < 4.78 is 48.4. The predicted molar refractivity (Wildman–Crippen MR) is 120 cm³/mol. The number of hydrogen-bond donors (Lipinski definition) is 3. The maximum absolute atomic E-state index is 14.5. The molecule has 1 aliphatic rings. The second-order valence-electron chi connectivity index (χ2n) is 7.30. The minimum Gasteiger partial charge on any atom is -0.389 e. The average molecular weight is 565 g/mol. The minimum atomic E-state index is -1.70. The standard InChI is InChI=1S/C21H23F3IN3O4/c1-12-8-13(25)2-3-17(12)26-20-15(9-16(22)18(23)19(20)24)21(30)27-32-11-14(29)10-28-4-6-31-7-5-28/h2-3,8-9,14,26,29H,4-7,10-11H2,1H3,(H,27,30). The molecule has 32 heavy (non-hydrogen) atoms. The SMILES string of the molecule is Cc1cc(I)ccc1Nc1c(C(=O)NOCC(O)CN2CCOCC2)cc(F)c(F)c1F. The molecule has 174 valence electrons. The van der Waals surface area contributed by atoms with Gasteiger partial charge in [0.25, 0.3) is 5.91 Å². The number of rotatable bonds is 8. The Morgan fingerprint density at radius 3 is 2.66 bits per heavy atom. The monoisotopic (exact) mass is 565 g/mol. The molecule has 0 bridgehead atoms. The Bertz CT molecular complexity index is 974. The molecule has 0 aliphatic carbocycles. The van der Waals surface area contributed by atoms with Crippen molar-refractivity contribution in [2.75, 3.05) is 44.8 Å². The largest absolute Gasteiger partial charge is 0.389 e. The van der Waals surface area contributed by atoms with Crippen LogP contribution < -0.4 is 10.8 Å². The van der Waals surface area contributed by atoms with Crippen molar-refractivity contribution in [2.24, 2.45) is 0 Å². The lowest BCUT2D eigenvalue weighted by molar-refractivity contribution is -0.0363. The van der Waals surface area contributed by atoms with E-state index in [-0.39, 0.29) is 6.61 Å². The summed E-state index contributed by atoms with van der Waals surface area (Å²) in [6.45, 7) is 4.31. The van der Waals surface area contributed by atoms with Gasteiger partial charge in [-0.25, -0.2) is 18.7 Å². The first kappa shape index (κ1) is 24.7. The van der Waals surface area contributed by atoms with E-state index < -0.39 is 40.7 Å². The fourth-order valence-corrected chi connectivity index (χ4v) is 3.84. The summed E-state index contributed by atoms with van der Waals surface area (Å²) in [7, 11) is 0. The molecule has 7 nitrogen and oxygen atoms in total. The van der Waals surface area contributed by atoms with E-state index in [9.17, 15) is 23.1 Å². The molecule has 3 N–H and O–H groups in total. The fraction of sp³-hybridized carbons (Fsp3) is 0.381. The van der Waals surface area contributed by atoms with Crippen LogP contribution in [0.5, 0.6) is 0 Å². The Morgan fingerprint density at radius 1 is 1.25 bits per heavy atom. The van der Waals surface area contributed by atoms with Gasteiger partial charge in [0.2, 0.25) is 0 Å². The lowest BCUT2D eigenvalue weighted by atomic mass is 10.1. The third-order valence-corrected chi connectivity index (χ3v) is 5.54. The summed E-state index contributed by atoms with van der Waals surface area (Å²) in [5, 5.41) is 12.7. The van der Waals surface area contributed by atoms with Crippen molar-refractivity contribution in [2.45, 2.75) is 13.0 Å². The van der Waals surface area contributed by atoms with E-state index in [0.29, 0.717) is 44.6 Å². The van der Waals surface area contributed by atoms with Crippen LogP contribution in [0.2, 0.25) is 0 Å². The Kier molecular flexibility index (Phi) is 8.71. The van der Waals surface area contributed by atoms with Crippen molar-refractivity contribution in [1.29, 1.82) is 0 Å². The van der Waals surface area contributed by atoms with Gasteiger partial charge in [-0.2, -0.15) is 0 Å². The third kappa shape index (κ3) is 6.32. The molecule has 1 amide bonds. The van der Waals surface area contributed by atoms with E-state index in [1.807, 2.05) is 4.90 Å². The van der Waals surface area contributed by atoms with Crippen molar-refractivity contribution in [3.63, 3.8) is 0 Å². The van der Waals surface area contributed by atoms with Crippen LogP contribution in [0.4, 0.5) is 24.5 Å². The number of aryl methyl sites for hydroxylation is 1. The number of halogens is 4. The number of hydrogen-bond acceptors (Lipinski definition) is 6. The van der Waals surface area contributed by atoms with Gasteiger partial charge in [-0.3, -0.25) is 14.5 Å². The molecule has 2 aromatic rings. The van der Waals surface area contributed by atoms with Gasteiger partial charge in [-0.15, -0.1) is 0 Å². The Hall–Kier alpha value is -1.93. The molecular weight excluding hydrogens is 542 g/mol. The lowest BCUT2D eigenvalue weighted by Crippen LogP contribution is -2.42. The second kappa shape index (κ2) is 11.3. The molecule has 11 heteroatoms. The van der Waals surface area contributed by atoms with Gasteiger partial charge in [0.05, 0.1) is 30.6 Å².